The Labute approximate surface area is 131 Å². The number of amides is 1. The minimum absolute atomic E-state index is 0.0110. The van der Waals surface area contributed by atoms with E-state index in [0.717, 1.165) is 36.8 Å². The summed E-state index contributed by atoms with van der Waals surface area (Å²) in [6, 6.07) is 9.02. The number of piperidine rings is 1. The molecule has 2 aromatic rings. The van der Waals surface area contributed by atoms with Crippen molar-refractivity contribution in [1.82, 2.24) is 15.2 Å². The highest BCUT2D eigenvalue weighted by Crippen LogP contribution is 2.18. The maximum absolute atomic E-state index is 12.4. The van der Waals surface area contributed by atoms with Crippen LogP contribution in [-0.4, -0.2) is 41.0 Å². The number of nitrogens with zero attached hydrogens (tertiary/aromatic N) is 1. The van der Waals surface area contributed by atoms with Crippen LogP contribution in [0.1, 0.15) is 42.7 Å². The highest BCUT2D eigenvalue weighted by Gasteiger charge is 2.22. The Hall–Kier alpha value is -1.81. The number of carbonyl (C=O) groups is 1. The summed E-state index contributed by atoms with van der Waals surface area (Å²) in [5, 5.41) is 4.26. The van der Waals surface area contributed by atoms with Gasteiger partial charge in [-0.1, -0.05) is 12.1 Å². The lowest BCUT2D eigenvalue weighted by Crippen LogP contribution is -2.46. The number of fused-ring (bicyclic) bond motifs is 1. The Balaban J connectivity index is 1.64. The molecule has 2 N–H and O–H groups in total. The van der Waals surface area contributed by atoms with E-state index >= 15 is 0 Å². The second kappa shape index (κ2) is 6.13. The first-order valence-electron chi connectivity index (χ1n) is 8.17. The maximum Gasteiger partial charge on any atom is 0.267 e. The summed E-state index contributed by atoms with van der Waals surface area (Å²) in [4.78, 5) is 18.1. The predicted octanol–water partition coefficient (Wildman–Crippen LogP) is 3.08. The second-order valence-electron chi connectivity index (χ2n) is 6.65. The number of benzene rings is 1. The van der Waals surface area contributed by atoms with Gasteiger partial charge in [-0.15, -0.1) is 0 Å². The fourth-order valence-corrected chi connectivity index (χ4v) is 3.19. The molecule has 3 rings (SSSR count). The number of hydrogen-bond donors (Lipinski definition) is 2. The van der Waals surface area contributed by atoms with Crippen molar-refractivity contribution in [3.05, 3.63) is 35.5 Å². The van der Waals surface area contributed by atoms with Crippen LogP contribution in [0, 0.1) is 6.92 Å². The molecule has 22 heavy (non-hydrogen) atoms. The normalized spacial score (nSPS) is 17.3. The van der Waals surface area contributed by atoms with Crippen molar-refractivity contribution in [2.45, 2.75) is 45.7 Å². The molecule has 0 aliphatic carbocycles. The fraction of sp³-hybridized carbons (Fsp3) is 0.500. The third-order valence-corrected chi connectivity index (χ3v) is 4.62. The molecular weight excluding hydrogens is 274 g/mol. The average Bonchev–Trinajstić information content (AvgIpc) is 2.91. The molecule has 4 heteroatoms. The number of carbonyl (C=O) groups excluding carboxylic acids is 1. The van der Waals surface area contributed by atoms with Gasteiger partial charge < -0.3 is 15.2 Å². The lowest BCUT2D eigenvalue weighted by molar-refractivity contribution is 0.0896. The van der Waals surface area contributed by atoms with Gasteiger partial charge >= 0.3 is 0 Å². The number of likely N-dealkylation sites (tertiary alicyclic amines) is 1. The summed E-state index contributed by atoms with van der Waals surface area (Å²) < 4.78 is 0. The molecule has 4 nitrogen and oxygen atoms in total. The predicted molar refractivity (Wildman–Crippen MR) is 90.2 cm³/mol. The van der Waals surface area contributed by atoms with Gasteiger partial charge in [-0.05, 0) is 51.3 Å². The quantitative estimate of drug-likeness (QED) is 0.915. The summed E-state index contributed by atoms with van der Waals surface area (Å²) in [7, 11) is 0. The summed E-state index contributed by atoms with van der Waals surface area (Å²) in [5.41, 5.74) is 2.88. The minimum atomic E-state index is 0.0110. The topological polar surface area (TPSA) is 48.1 Å². The zero-order valence-corrected chi connectivity index (χ0v) is 13.6. The minimum Gasteiger partial charge on any atom is -0.351 e. The first-order chi connectivity index (χ1) is 10.5. The van der Waals surface area contributed by atoms with Gasteiger partial charge in [-0.2, -0.15) is 0 Å². The number of aryl methyl sites for hydroxylation is 1. The van der Waals surface area contributed by atoms with Crippen LogP contribution in [0.5, 0.6) is 0 Å². The molecule has 118 valence electrons. The van der Waals surface area contributed by atoms with E-state index in [-0.39, 0.29) is 11.9 Å². The van der Waals surface area contributed by atoms with E-state index in [1.165, 1.54) is 5.56 Å². The number of rotatable bonds is 3. The first-order valence-corrected chi connectivity index (χ1v) is 8.17. The van der Waals surface area contributed by atoms with Gasteiger partial charge in [0.1, 0.15) is 5.69 Å². The van der Waals surface area contributed by atoms with Gasteiger partial charge in [-0.25, -0.2) is 0 Å². The molecule has 0 spiro atoms. The molecule has 0 bridgehead atoms. The number of hydrogen-bond acceptors (Lipinski definition) is 2. The Morgan fingerprint density at radius 2 is 2.00 bits per heavy atom. The van der Waals surface area contributed by atoms with Crippen LogP contribution < -0.4 is 5.32 Å². The Kier molecular flexibility index (Phi) is 4.21. The third kappa shape index (κ3) is 3.17. The Morgan fingerprint density at radius 3 is 2.68 bits per heavy atom. The first kappa shape index (κ1) is 15.1. The highest BCUT2D eigenvalue weighted by atomic mass is 16.1. The van der Waals surface area contributed by atoms with Gasteiger partial charge in [0.25, 0.3) is 5.91 Å². The molecule has 0 unspecified atom stereocenters. The monoisotopic (exact) mass is 299 g/mol. The van der Waals surface area contributed by atoms with Crippen LogP contribution in [0.4, 0.5) is 0 Å². The summed E-state index contributed by atoms with van der Waals surface area (Å²) in [6.07, 6.45) is 2.06. The number of aromatic amines is 1. The molecule has 1 aliphatic heterocycles. The number of H-pyrrole nitrogens is 1. The molecular formula is C18H25N3O. The van der Waals surface area contributed by atoms with Gasteiger partial charge in [0.2, 0.25) is 0 Å². The lowest BCUT2D eigenvalue weighted by atomic mass is 10.0. The van der Waals surface area contributed by atoms with Crippen LogP contribution in [-0.2, 0) is 0 Å². The fourth-order valence-electron chi connectivity index (χ4n) is 3.19. The Morgan fingerprint density at radius 1 is 1.27 bits per heavy atom. The van der Waals surface area contributed by atoms with Crippen molar-refractivity contribution < 1.29 is 4.79 Å². The van der Waals surface area contributed by atoms with Gasteiger partial charge in [-0.3, -0.25) is 4.79 Å². The molecule has 0 radical (unpaired) electrons. The zero-order valence-electron chi connectivity index (χ0n) is 13.6. The van der Waals surface area contributed by atoms with Gasteiger partial charge in [0.05, 0.1) is 0 Å². The summed E-state index contributed by atoms with van der Waals surface area (Å²) in [5.74, 6) is 0.0110. The molecule has 0 atom stereocenters. The highest BCUT2D eigenvalue weighted by molar-refractivity contribution is 5.98. The smallest absolute Gasteiger partial charge is 0.267 e. The second-order valence-corrected chi connectivity index (χ2v) is 6.65. The van der Waals surface area contributed by atoms with E-state index in [1.807, 2.05) is 6.07 Å². The van der Waals surface area contributed by atoms with E-state index in [0.29, 0.717) is 11.7 Å². The number of aromatic nitrogens is 1. The zero-order chi connectivity index (χ0) is 15.7. The lowest BCUT2D eigenvalue weighted by Gasteiger charge is -2.34. The molecule has 1 amide bonds. The van der Waals surface area contributed by atoms with Crippen molar-refractivity contribution in [3.63, 3.8) is 0 Å². The molecule has 1 aliphatic rings. The molecule has 1 fully saturated rings. The van der Waals surface area contributed by atoms with Gasteiger partial charge in [0, 0.05) is 36.1 Å². The SMILES string of the molecule is Cc1ccc2cc(C(=O)NC3CCN(C(C)C)CC3)[nH]c2c1. The Bertz CT molecular complexity index is 666. The van der Waals surface area contributed by atoms with Crippen molar-refractivity contribution in [3.8, 4) is 0 Å². The molecule has 1 aromatic carbocycles. The molecule has 2 heterocycles. The van der Waals surface area contributed by atoms with Crippen LogP contribution >= 0.6 is 0 Å². The van der Waals surface area contributed by atoms with Crippen molar-refractivity contribution in [1.29, 1.82) is 0 Å². The van der Waals surface area contributed by atoms with E-state index in [9.17, 15) is 4.79 Å². The molecule has 1 saturated heterocycles. The van der Waals surface area contributed by atoms with E-state index in [4.69, 9.17) is 0 Å². The van der Waals surface area contributed by atoms with Crippen molar-refractivity contribution in [2.24, 2.45) is 0 Å². The standard InChI is InChI=1S/C18H25N3O/c1-12(2)21-8-6-15(7-9-21)19-18(22)17-11-14-5-4-13(3)10-16(14)20-17/h4-5,10-12,15,20H,6-9H2,1-3H3,(H,19,22). The van der Waals surface area contributed by atoms with E-state index in [1.54, 1.807) is 0 Å². The van der Waals surface area contributed by atoms with E-state index < -0.39 is 0 Å². The van der Waals surface area contributed by atoms with Crippen LogP contribution in [0.25, 0.3) is 10.9 Å². The average molecular weight is 299 g/mol. The van der Waals surface area contributed by atoms with Crippen LogP contribution in [0.3, 0.4) is 0 Å². The summed E-state index contributed by atoms with van der Waals surface area (Å²) >= 11 is 0. The van der Waals surface area contributed by atoms with Crippen LogP contribution in [0.2, 0.25) is 0 Å². The maximum atomic E-state index is 12.4. The number of nitrogens with one attached hydrogen (secondary N) is 2. The van der Waals surface area contributed by atoms with Crippen molar-refractivity contribution >= 4 is 16.8 Å². The molecule has 1 aromatic heterocycles. The van der Waals surface area contributed by atoms with Gasteiger partial charge in [0.15, 0.2) is 0 Å². The summed E-state index contributed by atoms with van der Waals surface area (Å²) in [6.45, 7) is 8.64. The molecule has 0 saturated carbocycles. The van der Waals surface area contributed by atoms with E-state index in [2.05, 4.69) is 54.2 Å². The largest absolute Gasteiger partial charge is 0.351 e. The van der Waals surface area contributed by atoms with Crippen LogP contribution in [0.15, 0.2) is 24.3 Å². The third-order valence-electron chi connectivity index (χ3n) is 4.62. The van der Waals surface area contributed by atoms with Crippen molar-refractivity contribution in [2.75, 3.05) is 13.1 Å².